The molecule has 154 valence electrons. The lowest BCUT2D eigenvalue weighted by Crippen LogP contribution is -2.43. The summed E-state index contributed by atoms with van der Waals surface area (Å²) < 4.78 is 14.4. The van der Waals surface area contributed by atoms with Gasteiger partial charge in [-0.2, -0.15) is 0 Å². The Bertz CT molecular complexity index is 860. The first-order chi connectivity index (χ1) is 14.2. The molecule has 2 aliphatic heterocycles. The molecular weight excluding hydrogens is 371 g/mol. The van der Waals surface area contributed by atoms with Gasteiger partial charge in [0.25, 0.3) is 0 Å². The van der Waals surface area contributed by atoms with E-state index < -0.39 is 0 Å². The average Bonchev–Trinajstić information content (AvgIpc) is 3.48. The van der Waals surface area contributed by atoms with Crippen LogP contribution >= 0.6 is 0 Å². The molecule has 2 aromatic rings. The first kappa shape index (κ1) is 18.6. The van der Waals surface area contributed by atoms with E-state index in [1.807, 2.05) is 6.07 Å². The van der Waals surface area contributed by atoms with Crippen LogP contribution in [0.15, 0.2) is 24.4 Å². The molecule has 8 heteroatoms. The zero-order chi connectivity index (χ0) is 19.8. The van der Waals surface area contributed by atoms with Crippen LogP contribution in [0.4, 0.5) is 27.5 Å². The second-order valence-electron chi connectivity index (χ2n) is 8.18. The second-order valence-corrected chi connectivity index (χ2v) is 8.18. The van der Waals surface area contributed by atoms with Crippen molar-refractivity contribution in [1.82, 2.24) is 15.3 Å². The normalized spacial score (nSPS) is 22.2. The Labute approximate surface area is 170 Å². The van der Waals surface area contributed by atoms with E-state index >= 15 is 0 Å². The minimum absolute atomic E-state index is 0.203. The third-order valence-electron chi connectivity index (χ3n) is 5.92. The fourth-order valence-corrected chi connectivity index (χ4v) is 4.12. The number of aromatic nitrogens is 2. The van der Waals surface area contributed by atoms with Crippen LogP contribution < -0.4 is 20.4 Å². The van der Waals surface area contributed by atoms with E-state index in [1.54, 1.807) is 6.20 Å². The van der Waals surface area contributed by atoms with Gasteiger partial charge in [0.2, 0.25) is 0 Å². The fraction of sp³-hybridized carbons (Fsp3) is 0.524. The molecule has 1 saturated carbocycles. The average molecular weight is 398 g/mol. The van der Waals surface area contributed by atoms with Gasteiger partial charge >= 0.3 is 0 Å². The van der Waals surface area contributed by atoms with E-state index in [2.05, 4.69) is 31.5 Å². The Morgan fingerprint density at radius 1 is 1.03 bits per heavy atom. The van der Waals surface area contributed by atoms with Crippen molar-refractivity contribution in [3.63, 3.8) is 0 Å². The minimum Gasteiger partial charge on any atom is -0.391 e. The summed E-state index contributed by atoms with van der Waals surface area (Å²) in [5.74, 6) is 2.06. The number of aliphatic hydroxyl groups is 1. The third kappa shape index (κ3) is 4.13. The molecule has 4 heterocycles. The largest absolute Gasteiger partial charge is 0.391 e. The third-order valence-corrected chi connectivity index (χ3v) is 5.92. The molecule has 3 N–H and O–H groups in total. The Kier molecular flexibility index (Phi) is 4.97. The van der Waals surface area contributed by atoms with E-state index in [9.17, 15) is 9.50 Å². The molecule has 29 heavy (non-hydrogen) atoms. The number of piperazine rings is 1. The monoisotopic (exact) mass is 398 g/mol. The fourth-order valence-electron chi connectivity index (χ4n) is 4.12. The highest BCUT2D eigenvalue weighted by Crippen LogP contribution is 2.41. The number of anilines is 4. The summed E-state index contributed by atoms with van der Waals surface area (Å²) in [5.41, 5.74) is 1.79. The highest BCUT2D eigenvalue weighted by atomic mass is 19.1. The lowest BCUT2D eigenvalue weighted by atomic mass is 10.2. The summed E-state index contributed by atoms with van der Waals surface area (Å²) in [6, 6.07) is 5.54. The zero-order valence-electron chi connectivity index (χ0n) is 16.4. The van der Waals surface area contributed by atoms with Crippen molar-refractivity contribution < 1.29 is 9.50 Å². The Morgan fingerprint density at radius 3 is 2.55 bits per heavy atom. The predicted octanol–water partition coefficient (Wildman–Crippen LogP) is 2.22. The van der Waals surface area contributed by atoms with Crippen LogP contribution in [0.2, 0.25) is 0 Å². The van der Waals surface area contributed by atoms with Gasteiger partial charge in [0.1, 0.15) is 23.3 Å². The van der Waals surface area contributed by atoms with Crippen molar-refractivity contribution in [3.8, 4) is 0 Å². The molecule has 3 fully saturated rings. The molecule has 7 nitrogen and oxygen atoms in total. The van der Waals surface area contributed by atoms with E-state index in [1.165, 1.54) is 6.07 Å². The van der Waals surface area contributed by atoms with Gasteiger partial charge in [0, 0.05) is 74.9 Å². The molecule has 2 aromatic heterocycles. The molecule has 0 amide bonds. The second kappa shape index (κ2) is 7.76. The van der Waals surface area contributed by atoms with Crippen molar-refractivity contribution in [3.05, 3.63) is 35.8 Å². The van der Waals surface area contributed by atoms with Gasteiger partial charge in [-0.15, -0.1) is 0 Å². The van der Waals surface area contributed by atoms with Gasteiger partial charge in [-0.05, 0) is 25.2 Å². The van der Waals surface area contributed by atoms with Crippen LogP contribution in [0.5, 0.6) is 0 Å². The van der Waals surface area contributed by atoms with Crippen molar-refractivity contribution in [1.29, 1.82) is 0 Å². The summed E-state index contributed by atoms with van der Waals surface area (Å²) in [7, 11) is 0. The number of β-amino-alcohol motifs (C(OH)–C–C–N with tert-alkyl or cyclic N) is 1. The number of nitrogens with zero attached hydrogens (tertiary/aromatic N) is 4. The summed E-state index contributed by atoms with van der Waals surface area (Å²) in [5, 5.41) is 16.5. The lowest BCUT2D eigenvalue weighted by molar-refractivity contribution is 0.198. The molecule has 0 radical (unpaired) electrons. The molecule has 0 bridgehead atoms. The lowest BCUT2D eigenvalue weighted by Gasteiger charge is -2.30. The van der Waals surface area contributed by atoms with E-state index in [0.717, 1.165) is 63.5 Å². The van der Waals surface area contributed by atoms with Crippen LogP contribution in [0.25, 0.3) is 0 Å². The highest BCUT2D eigenvalue weighted by molar-refractivity contribution is 5.66. The maximum Gasteiger partial charge on any atom is 0.136 e. The number of hydrogen-bond donors (Lipinski definition) is 3. The summed E-state index contributed by atoms with van der Waals surface area (Å²) >= 11 is 0. The van der Waals surface area contributed by atoms with Crippen LogP contribution in [-0.2, 0) is 0 Å². The first-order valence-corrected chi connectivity index (χ1v) is 10.5. The molecular formula is C21H27FN6O. The van der Waals surface area contributed by atoms with Gasteiger partial charge in [0.15, 0.2) is 0 Å². The molecule has 1 unspecified atom stereocenters. The van der Waals surface area contributed by atoms with Crippen molar-refractivity contribution in [2.45, 2.75) is 31.3 Å². The number of hydrogen-bond acceptors (Lipinski definition) is 7. The molecule has 3 aliphatic rings. The first-order valence-electron chi connectivity index (χ1n) is 10.5. The van der Waals surface area contributed by atoms with Crippen molar-refractivity contribution >= 4 is 23.1 Å². The Hall–Kier alpha value is -2.45. The Morgan fingerprint density at radius 2 is 1.86 bits per heavy atom. The number of pyridine rings is 2. The van der Waals surface area contributed by atoms with Crippen LogP contribution in [0.1, 0.15) is 30.7 Å². The van der Waals surface area contributed by atoms with E-state index in [0.29, 0.717) is 29.7 Å². The summed E-state index contributed by atoms with van der Waals surface area (Å²) in [4.78, 5) is 13.6. The van der Waals surface area contributed by atoms with Crippen LogP contribution in [-0.4, -0.2) is 60.4 Å². The maximum absolute atomic E-state index is 14.4. The molecule has 0 aromatic carbocycles. The minimum atomic E-state index is -0.318. The maximum atomic E-state index is 14.4. The molecule has 0 spiro atoms. The molecule has 5 rings (SSSR count). The highest BCUT2D eigenvalue weighted by Gasteiger charge is 2.27. The molecule has 1 atom stereocenters. The topological polar surface area (TPSA) is 76.6 Å². The van der Waals surface area contributed by atoms with Gasteiger partial charge in [-0.1, -0.05) is 0 Å². The number of halogens is 1. The standard InChI is InChI=1S/C21H27FN6O/c22-18-11-19(24-12-17(18)14-1-2-14)25-20-9-15(27-7-4-23-5-8-27)10-21(26-20)28-6-3-16(29)13-28/h9-12,14,16,23,29H,1-8,13H2,(H,24,25,26). The van der Waals surface area contributed by atoms with E-state index in [4.69, 9.17) is 4.98 Å². The summed E-state index contributed by atoms with van der Waals surface area (Å²) in [6.45, 7) is 5.10. The SMILES string of the molecule is OC1CCN(c2cc(N3CCNCC3)cc(Nc3cc(F)c(C4CC4)cn3)n2)C1. The quantitative estimate of drug-likeness (QED) is 0.713. The van der Waals surface area contributed by atoms with Gasteiger partial charge < -0.3 is 25.5 Å². The molecule has 1 aliphatic carbocycles. The molecule has 2 saturated heterocycles. The van der Waals surface area contributed by atoms with Gasteiger partial charge in [-0.3, -0.25) is 0 Å². The smallest absolute Gasteiger partial charge is 0.136 e. The number of aliphatic hydroxyl groups excluding tert-OH is 1. The Balaban J connectivity index is 1.43. The predicted molar refractivity (Wildman–Crippen MR) is 112 cm³/mol. The van der Waals surface area contributed by atoms with Crippen molar-refractivity contribution in [2.24, 2.45) is 0 Å². The van der Waals surface area contributed by atoms with Gasteiger partial charge in [-0.25, -0.2) is 14.4 Å². The summed E-state index contributed by atoms with van der Waals surface area (Å²) in [6.07, 6.45) is 4.17. The van der Waals surface area contributed by atoms with E-state index in [-0.39, 0.29) is 11.9 Å². The number of nitrogens with one attached hydrogen (secondary N) is 2. The number of rotatable bonds is 5. The van der Waals surface area contributed by atoms with Gasteiger partial charge in [0.05, 0.1) is 6.10 Å². The van der Waals surface area contributed by atoms with Crippen LogP contribution in [0, 0.1) is 5.82 Å². The van der Waals surface area contributed by atoms with Crippen molar-refractivity contribution in [2.75, 3.05) is 54.4 Å². The van der Waals surface area contributed by atoms with Crippen LogP contribution in [0.3, 0.4) is 0 Å². The zero-order valence-corrected chi connectivity index (χ0v) is 16.4.